The van der Waals surface area contributed by atoms with Crippen LogP contribution >= 0.6 is 0 Å². The van der Waals surface area contributed by atoms with Gasteiger partial charge in [-0.15, -0.1) is 0 Å². The molecule has 20 heavy (non-hydrogen) atoms. The van der Waals surface area contributed by atoms with E-state index in [1.165, 1.54) is 5.56 Å². The lowest BCUT2D eigenvalue weighted by Crippen LogP contribution is -2.02. The van der Waals surface area contributed by atoms with Crippen molar-refractivity contribution < 1.29 is 9.84 Å². The van der Waals surface area contributed by atoms with E-state index in [2.05, 4.69) is 18.7 Å². The number of rotatable bonds is 6. The minimum absolute atomic E-state index is 0.645. The first kappa shape index (κ1) is 14.4. The van der Waals surface area contributed by atoms with Crippen LogP contribution in [-0.2, 0) is 6.42 Å². The van der Waals surface area contributed by atoms with Crippen molar-refractivity contribution >= 4 is 0 Å². The highest BCUT2D eigenvalue weighted by Gasteiger charge is 2.12. The van der Waals surface area contributed by atoms with Crippen molar-refractivity contribution in [2.45, 2.75) is 18.9 Å². The molecule has 2 heteroatoms. The molecule has 1 N–H and O–H groups in total. The van der Waals surface area contributed by atoms with E-state index in [0.717, 1.165) is 29.7 Å². The highest BCUT2D eigenvalue weighted by atomic mass is 16.5. The van der Waals surface area contributed by atoms with Crippen LogP contribution in [0.4, 0.5) is 0 Å². The van der Waals surface area contributed by atoms with E-state index >= 15 is 0 Å². The number of methoxy groups -OCH3 is 1. The molecule has 0 aromatic heterocycles. The summed E-state index contributed by atoms with van der Waals surface area (Å²) >= 11 is 0. The molecule has 0 amide bonds. The standard InChI is InChI=1S/C18H20O2/c1-14(11-12-15-7-4-3-5-8-15)18(19)16-9-6-10-17(13-16)20-2/h3-10,13,18-19H,1,11-12H2,2H3/t18-/m1/s1. The molecule has 0 fully saturated rings. The van der Waals surface area contributed by atoms with Gasteiger partial charge in [0.15, 0.2) is 0 Å². The number of aryl methyl sites for hydroxylation is 1. The summed E-state index contributed by atoms with van der Waals surface area (Å²) in [6, 6.07) is 17.7. The first-order chi connectivity index (χ1) is 9.70. The highest BCUT2D eigenvalue weighted by molar-refractivity contribution is 5.33. The summed E-state index contributed by atoms with van der Waals surface area (Å²) in [7, 11) is 1.62. The Morgan fingerprint density at radius 1 is 1.15 bits per heavy atom. The summed E-state index contributed by atoms with van der Waals surface area (Å²) in [6.45, 7) is 4.01. The fourth-order valence-corrected chi connectivity index (χ4v) is 2.13. The lowest BCUT2D eigenvalue weighted by atomic mass is 9.97. The quantitative estimate of drug-likeness (QED) is 0.805. The van der Waals surface area contributed by atoms with E-state index in [4.69, 9.17) is 4.74 Å². The molecular weight excluding hydrogens is 248 g/mol. The highest BCUT2D eigenvalue weighted by Crippen LogP contribution is 2.26. The van der Waals surface area contributed by atoms with Gasteiger partial charge in [0, 0.05) is 0 Å². The van der Waals surface area contributed by atoms with Crippen molar-refractivity contribution in [2.75, 3.05) is 7.11 Å². The topological polar surface area (TPSA) is 29.5 Å². The van der Waals surface area contributed by atoms with Crippen LogP contribution in [0.1, 0.15) is 23.7 Å². The Hall–Kier alpha value is -2.06. The molecule has 0 bridgehead atoms. The molecule has 0 spiro atoms. The molecular formula is C18H20O2. The van der Waals surface area contributed by atoms with Crippen LogP contribution in [0.15, 0.2) is 66.7 Å². The van der Waals surface area contributed by atoms with Gasteiger partial charge in [-0.25, -0.2) is 0 Å². The maximum Gasteiger partial charge on any atom is 0.119 e. The molecule has 104 valence electrons. The first-order valence-corrected chi connectivity index (χ1v) is 6.74. The second-order valence-corrected chi connectivity index (χ2v) is 4.82. The van der Waals surface area contributed by atoms with Gasteiger partial charge >= 0.3 is 0 Å². The van der Waals surface area contributed by atoms with E-state index in [1.54, 1.807) is 7.11 Å². The van der Waals surface area contributed by atoms with Gasteiger partial charge in [-0.3, -0.25) is 0 Å². The molecule has 2 aromatic rings. The van der Waals surface area contributed by atoms with Crippen molar-refractivity contribution in [3.8, 4) is 5.75 Å². The molecule has 0 saturated carbocycles. The summed E-state index contributed by atoms with van der Waals surface area (Å²) in [5.41, 5.74) is 2.90. The molecule has 0 radical (unpaired) electrons. The van der Waals surface area contributed by atoms with Crippen molar-refractivity contribution in [3.05, 3.63) is 77.9 Å². The number of aliphatic hydroxyl groups excluding tert-OH is 1. The molecule has 2 nitrogen and oxygen atoms in total. The average Bonchev–Trinajstić information content (AvgIpc) is 2.53. The SMILES string of the molecule is C=C(CCc1ccccc1)[C@@H](O)c1cccc(OC)c1. The predicted molar refractivity (Wildman–Crippen MR) is 81.9 cm³/mol. The summed E-state index contributed by atoms with van der Waals surface area (Å²) in [4.78, 5) is 0. The second-order valence-electron chi connectivity index (χ2n) is 4.82. The van der Waals surface area contributed by atoms with Gasteiger partial charge in [-0.05, 0) is 41.7 Å². The predicted octanol–water partition coefficient (Wildman–Crippen LogP) is 3.92. The van der Waals surface area contributed by atoms with Crippen LogP contribution in [0.5, 0.6) is 5.75 Å². The molecule has 0 saturated heterocycles. The zero-order valence-corrected chi connectivity index (χ0v) is 11.8. The largest absolute Gasteiger partial charge is 0.497 e. The fraction of sp³-hybridized carbons (Fsp3) is 0.222. The maximum atomic E-state index is 10.3. The van der Waals surface area contributed by atoms with Crippen LogP contribution in [-0.4, -0.2) is 12.2 Å². The Balaban J connectivity index is 1.98. The number of aliphatic hydroxyl groups is 1. The second kappa shape index (κ2) is 6.92. The molecule has 0 aliphatic carbocycles. The lowest BCUT2D eigenvalue weighted by Gasteiger charge is -2.15. The third kappa shape index (κ3) is 3.72. The van der Waals surface area contributed by atoms with Crippen LogP contribution < -0.4 is 4.74 Å². The third-order valence-corrected chi connectivity index (χ3v) is 3.37. The lowest BCUT2D eigenvalue weighted by molar-refractivity contribution is 0.211. The summed E-state index contributed by atoms with van der Waals surface area (Å²) < 4.78 is 5.17. The molecule has 2 aromatic carbocycles. The van der Waals surface area contributed by atoms with E-state index in [9.17, 15) is 5.11 Å². The molecule has 2 rings (SSSR count). The molecule has 0 aliphatic heterocycles. The van der Waals surface area contributed by atoms with E-state index in [0.29, 0.717) is 0 Å². The first-order valence-electron chi connectivity index (χ1n) is 6.74. The van der Waals surface area contributed by atoms with Gasteiger partial charge in [-0.1, -0.05) is 49.0 Å². The number of hydrogen-bond donors (Lipinski definition) is 1. The third-order valence-electron chi connectivity index (χ3n) is 3.37. The van der Waals surface area contributed by atoms with Gasteiger partial charge in [0.05, 0.1) is 13.2 Å². The van der Waals surface area contributed by atoms with Gasteiger partial charge in [-0.2, -0.15) is 0 Å². The van der Waals surface area contributed by atoms with Crippen LogP contribution in [0, 0.1) is 0 Å². The van der Waals surface area contributed by atoms with Crippen LogP contribution in [0.3, 0.4) is 0 Å². The van der Waals surface area contributed by atoms with Crippen LogP contribution in [0.2, 0.25) is 0 Å². The Bertz CT molecular complexity index is 561. The summed E-state index contributed by atoms with van der Waals surface area (Å²) in [5.74, 6) is 0.748. The number of ether oxygens (including phenoxy) is 1. The Morgan fingerprint density at radius 2 is 1.90 bits per heavy atom. The minimum Gasteiger partial charge on any atom is -0.497 e. The summed E-state index contributed by atoms with van der Waals surface area (Å²) in [5, 5.41) is 10.3. The van der Waals surface area contributed by atoms with Crippen molar-refractivity contribution in [1.82, 2.24) is 0 Å². The number of hydrogen-bond acceptors (Lipinski definition) is 2. The molecule has 1 atom stereocenters. The Kier molecular flexibility index (Phi) is 4.97. The Labute approximate surface area is 120 Å². The van der Waals surface area contributed by atoms with E-state index < -0.39 is 6.10 Å². The Morgan fingerprint density at radius 3 is 2.60 bits per heavy atom. The van der Waals surface area contributed by atoms with Gasteiger partial charge in [0.2, 0.25) is 0 Å². The zero-order valence-electron chi connectivity index (χ0n) is 11.8. The van der Waals surface area contributed by atoms with Crippen LogP contribution in [0.25, 0.3) is 0 Å². The zero-order chi connectivity index (χ0) is 14.4. The molecule has 0 heterocycles. The smallest absolute Gasteiger partial charge is 0.119 e. The van der Waals surface area contributed by atoms with Crippen molar-refractivity contribution in [3.63, 3.8) is 0 Å². The van der Waals surface area contributed by atoms with Crippen molar-refractivity contribution in [2.24, 2.45) is 0 Å². The number of benzene rings is 2. The molecule has 0 unspecified atom stereocenters. The van der Waals surface area contributed by atoms with E-state index in [1.807, 2.05) is 42.5 Å². The monoisotopic (exact) mass is 268 g/mol. The maximum absolute atomic E-state index is 10.3. The van der Waals surface area contributed by atoms with E-state index in [-0.39, 0.29) is 0 Å². The van der Waals surface area contributed by atoms with Gasteiger partial charge in [0.25, 0.3) is 0 Å². The fourth-order valence-electron chi connectivity index (χ4n) is 2.13. The summed E-state index contributed by atoms with van der Waals surface area (Å²) in [6.07, 6.45) is 1.01. The average molecular weight is 268 g/mol. The minimum atomic E-state index is -0.645. The van der Waals surface area contributed by atoms with Gasteiger partial charge in [0.1, 0.15) is 5.75 Å². The molecule has 0 aliphatic rings. The van der Waals surface area contributed by atoms with Gasteiger partial charge < -0.3 is 9.84 Å². The van der Waals surface area contributed by atoms with Crippen molar-refractivity contribution in [1.29, 1.82) is 0 Å². The normalized spacial score (nSPS) is 11.9.